The summed E-state index contributed by atoms with van der Waals surface area (Å²) in [6.45, 7) is 11.2. The fourth-order valence-corrected chi connectivity index (χ4v) is 4.77. The lowest BCUT2D eigenvalue weighted by Crippen LogP contribution is -2.46. The number of piperazine rings is 1. The van der Waals surface area contributed by atoms with E-state index in [4.69, 9.17) is 0 Å². The van der Waals surface area contributed by atoms with E-state index in [1.807, 2.05) is 43.5 Å². The van der Waals surface area contributed by atoms with Gasteiger partial charge in [0, 0.05) is 48.5 Å². The molecule has 1 aromatic carbocycles. The molecule has 3 heterocycles. The first kappa shape index (κ1) is 20.6. The van der Waals surface area contributed by atoms with Gasteiger partial charge >= 0.3 is 0 Å². The third-order valence-electron chi connectivity index (χ3n) is 5.72. The fourth-order valence-electron chi connectivity index (χ4n) is 4.00. The van der Waals surface area contributed by atoms with Crippen molar-refractivity contribution in [3.8, 4) is 0 Å². The second-order valence-corrected chi connectivity index (χ2v) is 8.84. The van der Waals surface area contributed by atoms with E-state index in [1.165, 1.54) is 21.9 Å². The highest BCUT2D eigenvalue weighted by molar-refractivity contribution is 7.11. The molecule has 0 spiro atoms. The topological polar surface area (TPSA) is 55.9 Å². The summed E-state index contributed by atoms with van der Waals surface area (Å²) in [5.41, 5.74) is 2.81. The predicted molar refractivity (Wildman–Crippen MR) is 123 cm³/mol. The number of carbonyl (C=O) groups is 2. The van der Waals surface area contributed by atoms with Crippen molar-refractivity contribution < 1.29 is 9.59 Å². The molecule has 4 rings (SSSR count). The van der Waals surface area contributed by atoms with Gasteiger partial charge in [0.05, 0.1) is 5.57 Å². The third kappa shape index (κ3) is 3.87. The summed E-state index contributed by atoms with van der Waals surface area (Å²) in [7, 11) is 0. The number of imide groups is 1. The van der Waals surface area contributed by atoms with Crippen LogP contribution in [0.1, 0.15) is 25.6 Å². The zero-order valence-electron chi connectivity index (χ0n) is 17.7. The Bertz CT molecular complexity index is 942. The summed E-state index contributed by atoms with van der Waals surface area (Å²) >= 11 is 1.47. The number of hydrogen-bond acceptors (Lipinski definition) is 6. The normalized spacial score (nSPS) is 18.1. The van der Waals surface area contributed by atoms with Crippen LogP contribution in [0.3, 0.4) is 0 Å². The molecule has 0 atom stereocenters. The van der Waals surface area contributed by atoms with Gasteiger partial charge in [-0.25, -0.2) is 0 Å². The monoisotopic (exact) mass is 424 g/mol. The Morgan fingerprint density at radius 3 is 2.27 bits per heavy atom. The van der Waals surface area contributed by atoms with Crippen molar-refractivity contribution in [2.75, 3.05) is 42.9 Å². The Hall–Kier alpha value is -2.64. The zero-order valence-corrected chi connectivity index (χ0v) is 18.5. The summed E-state index contributed by atoms with van der Waals surface area (Å²) in [6.07, 6.45) is 0. The minimum Gasteiger partial charge on any atom is -0.369 e. The number of thiophene rings is 1. The van der Waals surface area contributed by atoms with Crippen molar-refractivity contribution in [1.82, 2.24) is 9.80 Å². The largest absolute Gasteiger partial charge is 0.369 e. The first-order valence-corrected chi connectivity index (χ1v) is 11.4. The van der Waals surface area contributed by atoms with Gasteiger partial charge in [0.15, 0.2) is 0 Å². The van der Waals surface area contributed by atoms with Gasteiger partial charge in [0.25, 0.3) is 11.8 Å². The molecule has 2 aliphatic heterocycles. The molecule has 1 saturated heterocycles. The molecule has 30 heavy (non-hydrogen) atoms. The number of benzene rings is 1. The maximum atomic E-state index is 13.0. The Morgan fingerprint density at radius 2 is 1.70 bits per heavy atom. The van der Waals surface area contributed by atoms with Gasteiger partial charge in [-0.05, 0) is 56.1 Å². The van der Waals surface area contributed by atoms with Crippen molar-refractivity contribution >= 4 is 40.1 Å². The van der Waals surface area contributed by atoms with Gasteiger partial charge in [-0.3, -0.25) is 14.5 Å². The van der Waals surface area contributed by atoms with Crippen LogP contribution in [-0.2, 0) is 9.59 Å². The lowest BCUT2D eigenvalue weighted by atomic mass is 10.1. The third-order valence-corrected chi connectivity index (χ3v) is 6.61. The Kier molecular flexibility index (Phi) is 5.92. The van der Waals surface area contributed by atoms with Crippen LogP contribution in [0.2, 0.25) is 0 Å². The number of hydrogen-bond donors (Lipinski definition) is 1. The molecular weight excluding hydrogens is 396 g/mol. The van der Waals surface area contributed by atoms with E-state index in [0.717, 1.165) is 43.3 Å². The van der Waals surface area contributed by atoms with Crippen LogP contribution in [0.15, 0.2) is 47.5 Å². The first-order valence-electron chi connectivity index (χ1n) is 10.5. The molecule has 2 aliphatic rings. The molecular formula is C23H28N4O2S. The van der Waals surface area contributed by atoms with Gasteiger partial charge in [0.2, 0.25) is 0 Å². The van der Waals surface area contributed by atoms with E-state index >= 15 is 0 Å². The van der Waals surface area contributed by atoms with Crippen LogP contribution in [0.4, 0.5) is 11.4 Å². The van der Waals surface area contributed by atoms with Crippen LogP contribution < -0.4 is 10.2 Å². The second-order valence-electron chi connectivity index (χ2n) is 7.89. The minimum absolute atomic E-state index is 0.191. The number of amides is 2. The predicted octanol–water partition coefficient (Wildman–Crippen LogP) is 3.49. The molecule has 2 amide bonds. The molecule has 1 aromatic heterocycles. The van der Waals surface area contributed by atoms with E-state index in [1.54, 1.807) is 0 Å². The quantitative estimate of drug-likeness (QED) is 0.720. The molecule has 0 radical (unpaired) electrons. The number of carbonyl (C=O) groups excluding carboxylic acids is 2. The maximum Gasteiger partial charge on any atom is 0.278 e. The van der Waals surface area contributed by atoms with E-state index in [0.29, 0.717) is 11.3 Å². The van der Waals surface area contributed by atoms with Crippen LogP contribution in [0, 0.1) is 0 Å². The highest BCUT2D eigenvalue weighted by atomic mass is 32.1. The average Bonchev–Trinajstić information content (AvgIpc) is 3.35. The van der Waals surface area contributed by atoms with Gasteiger partial charge in [0.1, 0.15) is 5.70 Å². The Balaban J connectivity index is 1.56. The van der Waals surface area contributed by atoms with Crippen molar-refractivity contribution in [3.05, 3.63) is 52.4 Å². The smallest absolute Gasteiger partial charge is 0.278 e. The van der Waals surface area contributed by atoms with Crippen LogP contribution >= 0.6 is 11.3 Å². The summed E-state index contributed by atoms with van der Waals surface area (Å²) in [5, 5.41) is 5.16. The van der Waals surface area contributed by atoms with Crippen molar-refractivity contribution in [2.24, 2.45) is 0 Å². The summed E-state index contributed by atoms with van der Waals surface area (Å²) in [6, 6.07) is 11.7. The van der Waals surface area contributed by atoms with Crippen LogP contribution in [-0.4, -0.2) is 60.4 Å². The molecule has 0 saturated carbocycles. The molecule has 2 aromatic rings. The lowest BCUT2D eigenvalue weighted by molar-refractivity contribution is -0.138. The number of nitrogens with one attached hydrogen (secondary N) is 1. The molecule has 6 nitrogen and oxygen atoms in total. The Morgan fingerprint density at radius 1 is 1.00 bits per heavy atom. The van der Waals surface area contributed by atoms with Crippen molar-refractivity contribution in [3.63, 3.8) is 0 Å². The summed E-state index contributed by atoms with van der Waals surface area (Å²) < 4.78 is 0. The van der Waals surface area contributed by atoms with Gasteiger partial charge in [-0.1, -0.05) is 13.0 Å². The van der Waals surface area contributed by atoms with Crippen LogP contribution in [0.5, 0.6) is 0 Å². The summed E-state index contributed by atoms with van der Waals surface area (Å²) in [5.74, 6) is -0.497. The van der Waals surface area contributed by atoms with E-state index < -0.39 is 0 Å². The maximum absolute atomic E-state index is 13.0. The number of anilines is 2. The number of nitrogens with zero attached hydrogens (tertiary/aromatic N) is 3. The lowest BCUT2D eigenvalue weighted by Gasteiger charge is -2.35. The second kappa shape index (κ2) is 8.62. The summed E-state index contributed by atoms with van der Waals surface area (Å²) in [4.78, 5) is 33.0. The number of rotatable bonds is 6. The Labute approximate surface area is 181 Å². The van der Waals surface area contributed by atoms with Gasteiger partial charge in [-0.15, -0.1) is 11.3 Å². The standard InChI is InChI=1S/C23H28N4O2S/c1-4-25-11-13-26(14-12-25)18-9-7-17(8-10-18)24-21-20(19-6-5-15-30-19)22(28)27(16(2)3)23(21)29/h5-10,15-16,24H,4,11-14H2,1-3H3. The van der Waals surface area contributed by atoms with E-state index in [9.17, 15) is 9.59 Å². The van der Waals surface area contributed by atoms with E-state index in [-0.39, 0.29) is 17.9 Å². The molecule has 0 bridgehead atoms. The highest BCUT2D eigenvalue weighted by Crippen LogP contribution is 2.34. The van der Waals surface area contributed by atoms with Gasteiger partial charge in [-0.2, -0.15) is 0 Å². The van der Waals surface area contributed by atoms with E-state index in [2.05, 4.69) is 34.2 Å². The van der Waals surface area contributed by atoms with Gasteiger partial charge < -0.3 is 15.1 Å². The molecule has 7 heteroatoms. The minimum atomic E-state index is -0.266. The fraction of sp³-hybridized carbons (Fsp3) is 0.391. The average molecular weight is 425 g/mol. The van der Waals surface area contributed by atoms with Crippen LogP contribution in [0.25, 0.3) is 5.57 Å². The SMILES string of the molecule is CCN1CCN(c2ccc(NC3=C(c4cccs4)C(=O)N(C(C)C)C3=O)cc2)CC1. The van der Waals surface area contributed by atoms with Crippen molar-refractivity contribution in [1.29, 1.82) is 0 Å². The molecule has 0 aliphatic carbocycles. The molecule has 1 fully saturated rings. The molecule has 158 valence electrons. The molecule has 1 N–H and O–H groups in total. The number of likely N-dealkylation sites (N-methyl/N-ethyl adjacent to an activating group) is 1. The zero-order chi connectivity index (χ0) is 21.3. The van der Waals surface area contributed by atoms with Crippen molar-refractivity contribution in [2.45, 2.75) is 26.8 Å². The first-order chi connectivity index (χ1) is 14.5. The highest BCUT2D eigenvalue weighted by Gasteiger charge is 2.40. The molecule has 0 unspecified atom stereocenters.